The van der Waals surface area contributed by atoms with Crippen molar-refractivity contribution < 1.29 is 4.79 Å². The summed E-state index contributed by atoms with van der Waals surface area (Å²) >= 11 is 1.44. The minimum Gasteiger partial charge on any atom is -0.350 e. The van der Waals surface area contributed by atoms with Gasteiger partial charge in [-0.3, -0.25) is 4.79 Å². The number of rotatable bonds is 4. The lowest BCUT2D eigenvalue weighted by atomic mass is 10.1. The lowest BCUT2D eigenvalue weighted by Crippen LogP contribution is -2.40. The van der Waals surface area contributed by atoms with E-state index in [9.17, 15) is 4.79 Å². The average Bonchev–Trinajstić information content (AvgIpc) is 2.66. The molecule has 0 radical (unpaired) electrons. The summed E-state index contributed by atoms with van der Waals surface area (Å²) in [6, 6.07) is 3.70. The second kappa shape index (κ2) is 6.82. The molecule has 1 rings (SSSR count). The molecule has 0 fully saturated rings. The minimum absolute atomic E-state index is 0. The van der Waals surface area contributed by atoms with E-state index in [1.165, 1.54) is 11.3 Å². The maximum atomic E-state index is 11.5. The Morgan fingerprint density at radius 3 is 2.73 bits per heavy atom. The van der Waals surface area contributed by atoms with Gasteiger partial charge in [0, 0.05) is 12.6 Å². The van der Waals surface area contributed by atoms with Crippen LogP contribution in [-0.2, 0) is 0 Å². The summed E-state index contributed by atoms with van der Waals surface area (Å²) in [5, 5.41) is 4.70. The van der Waals surface area contributed by atoms with Crippen LogP contribution in [-0.4, -0.2) is 18.5 Å². The highest BCUT2D eigenvalue weighted by Gasteiger charge is 2.10. The summed E-state index contributed by atoms with van der Waals surface area (Å²) in [5.41, 5.74) is 5.81. The normalized spacial score (nSPS) is 12.0. The average molecular weight is 249 g/mol. The van der Waals surface area contributed by atoms with Gasteiger partial charge in [-0.2, -0.15) is 0 Å². The molecule has 1 amide bonds. The summed E-state index contributed by atoms with van der Waals surface area (Å²) in [5.74, 6) is 0.356. The van der Waals surface area contributed by atoms with Crippen molar-refractivity contribution >= 4 is 29.7 Å². The maximum absolute atomic E-state index is 11.5. The molecule has 0 bridgehead atoms. The third kappa shape index (κ3) is 4.64. The van der Waals surface area contributed by atoms with Crippen LogP contribution >= 0.6 is 23.7 Å². The highest BCUT2D eigenvalue weighted by molar-refractivity contribution is 7.12. The van der Waals surface area contributed by atoms with Crippen LogP contribution in [0, 0.1) is 5.92 Å². The molecule has 86 valence electrons. The first kappa shape index (κ1) is 14.4. The summed E-state index contributed by atoms with van der Waals surface area (Å²) in [6.45, 7) is 4.62. The molecule has 0 spiro atoms. The van der Waals surface area contributed by atoms with E-state index in [0.29, 0.717) is 12.5 Å². The fourth-order valence-electron chi connectivity index (χ4n) is 0.941. The van der Waals surface area contributed by atoms with E-state index in [1.807, 2.05) is 25.3 Å². The van der Waals surface area contributed by atoms with Crippen LogP contribution in [0.4, 0.5) is 0 Å². The van der Waals surface area contributed by atoms with Crippen molar-refractivity contribution in [3.05, 3.63) is 22.4 Å². The zero-order valence-electron chi connectivity index (χ0n) is 8.90. The second-order valence-electron chi connectivity index (χ2n) is 3.60. The third-order valence-corrected chi connectivity index (χ3v) is 2.97. The number of carbonyl (C=O) groups is 1. The van der Waals surface area contributed by atoms with E-state index in [-0.39, 0.29) is 24.4 Å². The molecule has 1 atom stereocenters. The molecule has 3 N–H and O–H groups in total. The number of thiophene rings is 1. The molecule has 15 heavy (non-hydrogen) atoms. The van der Waals surface area contributed by atoms with E-state index >= 15 is 0 Å². The summed E-state index contributed by atoms with van der Waals surface area (Å²) < 4.78 is 0. The Labute approximate surface area is 100 Å². The topological polar surface area (TPSA) is 55.1 Å². The van der Waals surface area contributed by atoms with Crippen LogP contribution in [0.25, 0.3) is 0 Å². The molecule has 0 saturated heterocycles. The van der Waals surface area contributed by atoms with Gasteiger partial charge in [0.1, 0.15) is 0 Å². The molecule has 3 nitrogen and oxygen atoms in total. The van der Waals surface area contributed by atoms with Crippen molar-refractivity contribution in [1.29, 1.82) is 0 Å². The number of nitrogens with two attached hydrogens (primary N) is 1. The van der Waals surface area contributed by atoms with Gasteiger partial charge in [-0.1, -0.05) is 19.9 Å². The summed E-state index contributed by atoms with van der Waals surface area (Å²) in [4.78, 5) is 12.2. The smallest absolute Gasteiger partial charge is 0.261 e. The monoisotopic (exact) mass is 248 g/mol. The molecule has 0 aliphatic heterocycles. The Kier molecular flexibility index (Phi) is 6.56. The number of nitrogens with one attached hydrogen (secondary N) is 1. The molecule has 1 unspecified atom stereocenters. The Hall–Kier alpha value is -0.580. The number of hydrogen-bond acceptors (Lipinski definition) is 3. The molecule has 1 heterocycles. The van der Waals surface area contributed by atoms with Crippen molar-refractivity contribution in [2.45, 2.75) is 19.9 Å². The van der Waals surface area contributed by atoms with Gasteiger partial charge in [-0.15, -0.1) is 23.7 Å². The van der Waals surface area contributed by atoms with E-state index in [0.717, 1.165) is 4.88 Å². The highest BCUT2D eigenvalue weighted by atomic mass is 35.5. The predicted octanol–water partition coefficient (Wildman–Crippen LogP) is 1.88. The summed E-state index contributed by atoms with van der Waals surface area (Å²) in [7, 11) is 0. The number of hydrogen-bond donors (Lipinski definition) is 2. The van der Waals surface area contributed by atoms with Gasteiger partial charge in [0.2, 0.25) is 0 Å². The zero-order valence-corrected chi connectivity index (χ0v) is 10.5. The lowest BCUT2D eigenvalue weighted by Gasteiger charge is -2.15. The Balaban J connectivity index is 0.00000196. The standard InChI is InChI=1S/C10H16N2OS.ClH/c1-7(2)8(11)6-12-10(13)9-4-3-5-14-9;/h3-5,7-8H,6,11H2,1-2H3,(H,12,13);1H. The Bertz CT molecular complexity index is 288. The van der Waals surface area contributed by atoms with Gasteiger partial charge in [0.25, 0.3) is 5.91 Å². The van der Waals surface area contributed by atoms with E-state index < -0.39 is 0 Å². The first-order valence-electron chi connectivity index (χ1n) is 4.68. The van der Waals surface area contributed by atoms with Crippen molar-refractivity contribution in [2.75, 3.05) is 6.54 Å². The third-order valence-electron chi connectivity index (χ3n) is 2.10. The Morgan fingerprint density at radius 2 is 2.27 bits per heavy atom. The van der Waals surface area contributed by atoms with Crippen LogP contribution in [0.5, 0.6) is 0 Å². The zero-order chi connectivity index (χ0) is 10.6. The summed E-state index contributed by atoms with van der Waals surface area (Å²) in [6.07, 6.45) is 0. The van der Waals surface area contributed by atoms with Gasteiger partial charge in [0.15, 0.2) is 0 Å². The molecule has 1 aromatic heterocycles. The predicted molar refractivity (Wildman–Crippen MR) is 66.7 cm³/mol. The minimum atomic E-state index is -0.0314. The van der Waals surface area contributed by atoms with Crippen LogP contribution in [0.2, 0.25) is 0 Å². The van der Waals surface area contributed by atoms with Gasteiger partial charge >= 0.3 is 0 Å². The SMILES string of the molecule is CC(C)C(N)CNC(=O)c1cccs1.Cl. The fourth-order valence-corrected chi connectivity index (χ4v) is 1.58. The molecular weight excluding hydrogens is 232 g/mol. The first-order chi connectivity index (χ1) is 6.61. The van der Waals surface area contributed by atoms with Gasteiger partial charge in [-0.05, 0) is 17.4 Å². The van der Waals surface area contributed by atoms with E-state index in [2.05, 4.69) is 5.32 Å². The first-order valence-corrected chi connectivity index (χ1v) is 5.56. The van der Waals surface area contributed by atoms with Crippen molar-refractivity contribution in [3.8, 4) is 0 Å². The quantitative estimate of drug-likeness (QED) is 0.855. The van der Waals surface area contributed by atoms with Crippen LogP contribution in [0.3, 0.4) is 0 Å². The number of carbonyl (C=O) groups excluding carboxylic acids is 1. The molecular formula is C10H17ClN2OS. The molecule has 1 aromatic rings. The highest BCUT2D eigenvalue weighted by Crippen LogP contribution is 2.07. The van der Waals surface area contributed by atoms with Gasteiger partial charge < -0.3 is 11.1 Å². The van der Waals surface area contributed by atoms with Gasteiger partial charge in [-0.25, -0.2) is 0 Å². The molecule has 0 saturated carbocycles. The van der Waals surface area contributed by atoms with Crippen molar-refractivity contribution in [1.82, 2.24) is 5.32 Å². The Morgan fingerprint density at radius 1 is 1.60 bits per heavy atom. The molecule has 5 heteroatoms. The molecule has 0 aliphatic rings. The van der Waals surface area contributed by atoms with Crippen LogP contribution in [0.15, 0.2) is 17.5 Å². The maximum Gasteiger partial charge on any atom is 0.261 e. The van der Waals surface area contributed by atoms with E-state index in [1.54, 1.807) is 6.07 Å². The van der Waals surface area contributed by atoms with Crippen LogP contribution < -0.4 is 11.1 Å². The second-order valence-corrected chi connectivity index (χ2v) is 4.54. The van der Waals surface area contributed by atoms with Crippen molar-refractivity contribution in [2.24, 2.45) is 11.7 Å². The fraction of sp³-hybridized carbons (Fsp3) is 0.500. The molecule has 0 aliphatic carbocycles. The number of amides is 1. The van der Waals surface area contributed by atoms with E-state index in [4.69, 9.17) is 5.73 Å². The molecule has 0 aromatic carbocycles. The van der Waals surface area contributed by atoms with Crippen molar-refractivity contribution in [3.63, 3.8) is 0 Å². The number of halogens is 1. The van der Waals surface area contributed by atoms with Crippen LogP contribution in [0.1, 0.15) is 23.5 Å². The largest absolute Gasteiger partial charge is 0.350 e. The van der Waals surface area contributed by atoms with Gasteiger partial charge in [0.05, 0.1) is 4.88 Å². The lowest BCUT2D eigenvalue weighted by molar-refractivity contribution is 0.0953.